The number of hydrogen-bond acceptors (Lipinski definition) is 5. The molecule has 0 aliphatic carbocycles. The van der Waals surface area contributed by atoms with Crippen LogP contribution in [-0.2, 0) is 23.9 Å². The SMILES string of the molecule is Cn1cncc1C1(N)CCCCCOCc2ccc(cc2)Oc2cc1ccc2C#N. The van der Waals surface area contributed by atoms with Crippen LogP contribution < -0.4 is 10.5 Å². The summed E-state index contributed by atoms with van der Waals surface area (Å²) in [5.41, 5.74) is 9.70. The Morgan fingerprint density at radius 1 is 1.13 bits per heavy atom. The zero-order valence-electron chi connectivity index (χ0n) is 17.2. The van der Waals surface area contributed by atoms with Crippen LogP contribution in [-0.4, -0.2) is 16.2 Å². The molecule has 154 valence electrons. The van der Waals surface area contributed by atoms with Gasteiger partial charge in [-0.2, -0.15) is 5.26 Å². The third-order valence-electron chi connectivity index (χ3n) is 5.67. The zero-order chi connectivity index (χ0) is 21.0. The molecule has 0 spiro atoms. The van der Waals surface area contributed by atoms with Crippen molar-refractivity contribution in [2.24, 2.45) is 12.8 Å². The quantitative estimate of drug-likeness (QED) is 0.653. The van der Waals surface area contributed by atoms with Gasteiger partial charge in [0.15, 0.2) is 0 Å². The Labute approximate surface area is 176 Å². The summed E-state index contributed by atoms with van der Waals surface area (Å²) >= 11 is 0. The standard InChI is InChI=1S/C24H26N4O2/c1-28-17-27-15-23(28)24(26)11-3-2-4-12-29-16-18-5-9-21(10-6-18)30-22-13-20(24)8-7-19(22)14-25/h5-10,13,15,17H,2-4,11-12,16,26H2,1H3. The number of rotatable bonds is 1. The molecule has 0 saturated carbocycles. The highest BCUT2D eigenvalue weighted by atomic mass is 16.5. The second-order valence-electron chi connectivity index (χ2n) is 7.79. The Balaban J connectivity index is 1.79. The van der Waals surface area contributed by atoms with Crippen LogP contribution in [0.2, 0.25) is 0 Å². The average molecular weight is 402 g/mol. The van der Waals surface area contributed by atoms with Crippen molar-refractivity contribution >= 4 is 0 Å². The van der Waals surface area contributed by atoms with Crippen molar-refractivity contribution in [3.8, 4) is 17.6 Å². The maximum absolute atomic E-state index is 9.59. The second kappa shape index (κ2) is 8.70. The summed E-state index contributed by atoms with van der Waals surface area (Å²) in [6.45, 7) is 1.30. The van der Waals surface area contributed by atoms with Crippen LogP contribution in [0.3, 0.4) is 0 Å². The smallest absolute Gasteiger partial charge is 0.145 e. The number of hydrogen-bond donors (Lipinski definition) is 1. The number of fused-ring (bicyclic) bond motifs is 9. The summed E-state index contributed by atoms with van der Waals surface area (Å²) in [6, 6.07) is 15.6. The van der Waals surface area contributed by atoms with Gasteiger partial charge in [0.1, 0.15) is 17.6 Å². The van der Waals surface area contributed by atoms with Gasteiger partial charge in [-0.3, -0.25) is 0 Å². The fraction of sp³-hybridized carbons (Fsp3) is 0.333. The first-order valence-electron chi connectivity index (χ1n) is 10.2. The van der Waals surface area contributed by atoms with Crippen molar-refractivity contribution in [2.75, 3.05) is 6.61 Å². The van der Waals surface area contributed by atoms with Gasteiger partial charge in [-0.25, -0.2) is 4.98 Å². The van der Waals surface area contributed by atoms with E-state index in [4.69, 9.17) is 15.2 Å². The molecule has 1 aromatic heterocycles. The molecule has 3 heterocycles. The molecule has 2 N–H and O–H groups in total. The van der Waals surface area contributed by atoms with Crippen LogP contribution in [0.15, 0.2) is 55.0 Å². The lowest BCUT2D eigenvalue weighted by atomic mass is 9.82. The lowest BCUT2D eigenvalue weighted by Crippen LogP contribution is -2.39. The minimum absolute atomic E-state index is 0.472. The summed E-state index contributed by atoms with van der Waals surface area (Å²) in [6.07, 6.45) is 7.30. The van der Waals surface area contributed by atoms with E-state index in [-0.39, 0.29) is 0 Å². The van der Waals surface area contributed by atoms with Gasteiger partial charge in [0.25, 0.3) is 0 Å². The monoisotopic (exact) mass is 402 g/mol. The zero-order valence-corrected chi connectivity index (χ0v) is 17.2. The van der Waals surface area contributed by atoms with E-state index in [1.807, 2.05) is 54.2 Å². The van der Waals surface area contributed by atoms with Crippen LogP contribution >= 0.6 is 0 Å². The molecule has 6 nitrogen and oxygen atoms in total. The number of nitriles is 1. The lowest BCUT2D eigenvalue weighted by Gasteiger charge is -2.31. The molecule has 2 aliphatic rings. The van der Waals surface area contributed by atoms with Gasteiger partial charge < -0.3 is 19.8 Å². The van der Waals surface area contributed by atoms with Crippen molar-refractivity contribution in [1.82, 2.24) is 9.55 Å². The Kier molecular flexibility index (Phi) is 5.84. The van der Waals surface area contributed by atoms with Crippen LogP contribution in [0.4, 0.5) is 0 Å². The molecule has 6 heteroatoms. The van der Waals surface area contributed by atoms with E-state index >= 15 is 0 Å². The number of nitrogens with zero attached hydrogens (tertiary/aromatic N) is 3. The van der Waals surface area contributed by atoms with Crippen molar-refractivity contribution in [1.29, 1.82) is 5.26 Å². The molecular formula is C24H26N4O2. The normalized spacial score (nSPS) is 19.8. The largest absolute Gasteiger partial charge is 0.456 e. The van der Waals surface area contributed by atoms with Gasteiger partial charge >= 0.3 is 0 Å². The highest BCUT2D eigenvalue weighted by molar-refractivity contribution is 5.50. The van der Waals surface area contributed by atoms with Crippen molar-refractivity contribution in [3.63, 3.8) is 0 Å². The minimum Gasteiger partial charge on any atom is -0.456 e. The second-order valence-corrected chi connectivity index (χ2v) is 7.79. The molecule has 0 fully saturated rings. The van der Waals surface area contributed by atoms with Crippen LogP contribution in [0.1, 0.15) is 48.1 Å². The van der Waals surface area contributed by atoms with Crippen molar-refractivity contribution < 1.29 is 9.47 Å². The van der Waals surface area contributed by atoms with Gasteiger partial charge in [-0.1, -0.05) is 31.0 Å². The maximum Gasteiger partial charge on any atom is 0.145 e. The number of aromatic nitrogens is 2. The molecule has 4 bridgehead atoms. The Morgan fingerprint density at radius 3 is 2.70 bits per heavy atom. The molecule has 5 rings (SSSR count). The Bertz CT molecular complexity index is 1050. The summed E-state index contributed by atoms with van der Waals surface area (Å²) in [5, 5.41) is 9.59. The van der Waals surface area contributed by atoms with Gasteiger partial charge in [0.2, 0.25) is 0 Å². The van der Waals surface area contributed by atoms with Gasteiger partial charge in [0, 0.05) is 13.7 Å². The van der Waals surface area contributed by atoms with Crippen molar-refractivity contribution in [3.05, 3.63) is 77.4 Å². The first-order valence-corrected chi connectivity index (χ1v) is 10.2. The average Bonchev–Trinajstić information content (AvgIpc) is 3.20. The molecule has 0 radical (unpaired) electrons. The van der Waals surface area contributed by atoms with E-state index < -0.39 is 5.54 Å². The van der Waals surface area contributed by atoms with Crippen molar-refractivity contribution in [2.45, 2.75) is 37.8 Å². The predicted molar refractivity (Wildman–Crippen MR) is 114 cm³/mol. The fourth-order valence-electron chi connectivity index (χ4n) is 3.94. The molecule has 0 amide bonds. The summed E-state index contributed by atoms with van der Waals surface area (Å²) in [4.78, 5) is 4.28. The molecule has 1 unspecified atom stereocenters. The number of aryl methyl sites for hydroxylation is 1. The highest BCUT2D eigenvalue weighted by Crippen LogP contribution is 2.36. The first kappa shape index (κ1) is 20.1. The fourth-order valence-corrected chi connectivity index (χ4v) is 3.94. The van der Waals surface area contributed by atoms with E-state index in [1.165, 1.54) is 0 Å². The van der Waals surface area contributed by atoms with Gasteiger partial charge in [-0.05, 0) is 48.2 Å². The lowest BCUT2D eigenvalue weighted by molar-refractivity contribution is 0.116. The molecule has 1 atom stereocenters. The highest BCUT2D eigenvalue weighted by Gasteiger charge is 2.33. The van der Waals surface area contributed by atoms with E-state index in [9.17, 15) is 5.26 Å². The molecular weight excluding hydrogens is 376 g/mol. The van der Waals surface area contributed by atoms with E-state index in [2.05, 4.69) is 11.1 Å². The number of imidazole rings is 1. The topological polar surface area (TPSA) is 86.1 Å². The van der Waals surface area contributed by atoms with E-state index in [0.717, 1.165) is 49.1 Å². The van der Waals surface area contributed by atoms with Crippen LogP contribution in [0.5, 0.6) is 11.5 Å². The van der Waals surface area contributed by atoms with E-state index in [0.29, 0.717) is 23.7 Å². The molecule has 3 aromatic rings. The summed E-state index contributed by atoms with van der Waals surface area (Å²) < 4.78 is 13.9. The molecule has 30 heavy (non-hydrogen) atoms. The summed E-state index contributed by atoms with van der Waals surface area (Å²) in [7, 11) is 1.95. The van der Waals surface area contributed by atoms with E-state index in [1.54, 1.807) is 12.4 Å². The minimum atomic E-state index is -0.737. The summed E-state index contributed by atoms with van der Waals surface area (Å²) in [5.74, 6) is 1.17. The van der Waals surface area contributed by atoms with Gasteiger partial charge in [-0.15, -0.1) is 0 Å². The number of nitrogens with two attached hydrogens (primary N) is 1. The number of benzene rings is 2. The van der Waals surface area contributed by atoms with Crippen LogP contribution in [0, 0.1) is 11.3 Å². The van der Waals surface area contributed by atoms with Gasteiger partial charge in [0.05, 0.1) is 35.9 Å². The first-order chi connectivity index (χ1) is 14.6. The molecule has 0 saturated heterocycles. The molecule has 2 aliphatic heterocycles. The predicted octanol–water partition coefficient (Wildman–Crippen LogP) is 4.38. The molecule has 2 aromatic carbocycles. The number of ether oxygens (including phenoxy) is 2. The van der Waals surface area contributed by atoms with Crippen LogP contribution in [0.25, 0.3) is 0 Å². The maximum atomic E-state index is 9.59. The third kappa shape index (κ3) is 4.09. The third-order valence-corrected chi connectivity index (χ3v) is 5.67. The Hall–Kier alpha value is -3.14. The Morgan fingerprint density at radius 2 is 1.97 bits per heavy atom.